The molecule has 0 bridgehead atoms. The Morgan fingerprint density at radius 2 is 2.14 bits per heavy atom. The Morgan fingerprint density at radius 1 is 1.33 bits per heavy atom. The maximum atomic E-state index is 8.83. The van der Waals surface area contributed by atoms with E-state index in [-0.39, 0.29) is 12.7 Å². The second-order valence-electron chi connectivity index (χ2n) is 5.92. The van der Waals surface area contributed by atoms with E-state index in [4.69, 9.17) is 20.6 Å². The summed E-state index contributed by atoms with van der Waals surface area (Å²) in [4.78, 5) is 7.25. The summed E-state index contributed by atoms with van der Waals surface area (Å²) in [6.45, 7) is 3.00. The Morgan fingerprint density at radius 3 is 2.86 bits per heavy atom. The minimum absolute atomic E-state index is 0.101. The summed E-state index contributed by atoms with van der Waals surface area (Å²) in [5, 5.41) is 8.83. The van der Waals surface area contributed by atoms with Gasteiger partial charge in [0.15, 0.2) is 0 Å². The smallest absolute Gasteiger partial charge is 0.133 e. The molecule has 0 atom stereocenters. The molecule has 2 heterocycles. The van der Waals surface area contributed by atoms with Crippen molar-refractivity contribution in [3.8, 4) is 0 Å². The van der Waals surface area contributed by atoms with Crippen LogP contribution in [0.1, 0.15) is 36.1 Å². The Labute approximate surface area is 126 Å². The Balaban J connectivity index is 1.70. The highest BCUT2D eigenvalue weighted by atomic mass is 16.5. The molecule has 1 aromatic heterocycles. The number of rotatable bonds is 5. The van der Waals surface area contributed by atoms with Gasteiger partial charge in [-0.2, -0.15) is 0 Å². The molecule has 0 saturated carbocycles. The molecular weight excluding hydrogens is 266 g/mol. The number of nitrogens with two attached hydrogens (primary N) is 1. The molecule has 0 spiro atoms. The van der Waals surface area contributed by atoms with E-state index in [0.29, 0.717) is 13.2 Å². The van der Waals surface area contributed by atoms with Crippen LogP contribution in [0.4, 0.5) is 5.82 Å². The van der Waals surface area contributed by atoms with Gasteiger partial charge < -0.3 is 20.5 Å². The van der Waals surface area contributed by atoms with Crippen molar-refractivity contribution in [2.75, 3.05) is 31.2 Å². The molecule has 1 aliphatic heterocycles. The molecule has 0 unspecified atom stereocenters. The van der Waals surface area contributed by atoms with Gasteiger partial charge in [0, 0.05) is 30.9 Å². The normalized spacial score (nSPS) is 19.0. The molecule has 2 aliphatic rings. The first-order valence-electron chi connectivity index (χ1n) is 8.01. The van der Waals surface area contributed by atoms with Gasteiger partial charge >= 0.3 is 0 Å². The Hall–Kier alpha value is -1.17. The van der Waals surface area contributed by atoms with Crippen molar-refractivity contribution in [3.63, 3.8) is 0 Å². The summed E-state index contributed by atoms with van der Waals surface area (Å²) in [6.07, 6.45) is 5.71. The van der Waals surface area contributed by atoms with Crippen LogP contribution in [-0.2, 0) is 24.1 Å². The molecule has 0 aromatic carbocycles. The molecule has 5 nitrogen and oxygen atoms in total. The lowest BCUT2D eigenvalue weighted by molar-refractivity contribution is 0.0158. The van der Waals surface area contributed by atoms with Crippen molar-refractivity contribution < 1.29 is 9.84 Å². The molecule has 1 saturated heterocycles. The molecule has 3 rings (SSSR count). The second kappa shape index (κ2) is 6.73. The van der Waals surface area contributed by atoms with Crippen LogP contribution in [0.25, 0.3) is 0 Å². The Bertz CT molecular complexity index is 485. The largest absolute Gasteiger partial charge is 0.394 e. The lowest BCUT2D eigenvalue weighted by Gasteiger charge is -2.34. The highest BCUT2D eigenvalue weighted by Crippen LogP contribution is 2.29. The topological polar surface area (TPSA) is 71.6 Å². The van der Waals surface area contributed by atoms with Crippen LogP contribution in [0.3, 0.4) is 0 Å². The van der Waals surface area contributed by atoms with Crippen LogP contribution in [0.15, 0.2) is 6.07 Å². The predicted octanol–water partition coefficient (Wildman–Crippen LogP) is 1.01. The van der Waals surface area contributed by atoms with E-state index < -0.39 is 0 Å². The lowest BCUT2D eigenvalue weighted by atomic mass is 10.1. The first kappa shape index (κ1) is 14.8. The van der Waals surface area contributed by atoms with Gasteiger partial charge in [-0.15, -0.1) is 0 Å². The standard InChI is InChI=1S/C16H25N3O2/c17-11-13-10-12-2-1-3-15(12)18-16(13)19-6-4-14(5-7-19)21-9-8-20/h10,14,20H,1-9,11,17H2. The zero-order chi connectivity index (χ0) is 14.7. The van der Waals surface area contributed by atoms with E-state index >= 15 is 0 Å². The van der Waals surface area contributed by atoms with Crippen molar-refractivity contribution in [1.82, 2.24) is 4.98 Å². The van der Waals surface area contributed by atoms with Crippen LogP contribution in [0.5, 0.6) is 0 Å². The number of aromatic nitrogens is 1. The van der Waals surface area contributed by atoms with Gasteiger partial charge in [-0.25, -0.2) is 4.98 Å². The lowest BCUT2D eigenvalue weighted by Crippen LogP contribution is -2.38. The number of hydrogen-bond acceptors (Lipinski definition) is 5. The van der Waals surface area contributed by atoms with Gasteiger partial charge in [0.1, 0.15) is 5.82 Å². The number of anilines is 1. The monoisotopic (exact) mass is 291 g/mol. The number of fused-ring (bicyclic) bond motifs is 1. The van der Waals surface area contributed by atoms with Crippen molar-refractivity contribution in [2.24, 2.45) is 5.73 Å². The molecule has 1 aliphatic carbocycles. The van der Waals surface area contributed by atoms with E-state index in [1.54, 1.807) is 0 Å². The number of pyridine rings is 1. The summed E-state index contributed by atoms with van der Waals surface area (Å²) >= 11 is 0. The molecular formula is C16H25N3O2. The van der Waals surface area contributed by atoms with Gasteiger partial charge in [-0.1, -0.05) is 0 Å². The number of hydrogen-bond donors (Lipinski definition) is 2. The number of nitrogens with zero attached hydrogens (tertiary/aromatic N) is 2. The summed E-state index contributed by atoms with van der Waals surface area (Å²) < 4.78 is 5.63. The fourth-order valence-electron chi connectivity index (χ4n) is 3.39. The zero-order valence-corrected chi connectivity index (χ0v) is 12.6. The number of piperidine rings is 1. The fourth-order valence-corrected chi connectivity index (χ4v) is 3.39. The number of aryl methyl sites for hydroxylation is 2. The maximum Gasteiger partial charge on any atom is 0.133 e. The first-order valence-corrected chi connectivity index (χ1v) is 8.01. The highest BCUT2D eigenvalue weighted by Gasteiger charge is 2.24. The second-order valence-corrected chi connectivity index (χ2v) is 5.92. The van der Waals surface area contributed by atoms with E-state index in [0.717, 1.165) is 44.6 Å². The average molecular weight is 291 g/mol. The summed E-state index contributed by atoms with van der Waals surface area (Å²) in [7, 11) is 0. The van der Waals surface area contributed by atoms with E-state index in [2.05, 4.69) is 11.0 Å². The Kier molecular flexibility index (Phi) is 4.73. The van der Waals surface area contributed by atoms with Crippen molar-refractivity contribution in [1.29, 1.82) is 0 Å². The van der Waals surface area contributed by atoms with E-state index in [1.165, 1.54) is 23.2 Å². The molecule has 1 fully saturated rings. The van der Waals surface area contributed by atoms with Gasteiger partial charge in [-0.3, -0.25) is 0 Å². The minimum atomic E-state index is 0.101. The molecule has 5 heteroatoms. The fraction of sp³-hybridized carbons (Fsp3) is 0.688. The third-order valence-corrected chi connectivity index (χ3v) is 4.51. The van der Waals surface area contributed by atoms with Crippen molar-refractivity contribution in [3.05, 3.63) is 22.9 Å². The van der Waals surface area contributed by atoms with Gasteiger partial charge in [0.05, 0.1) is 19.3 Å². The van der Waals surface area contributed by atoms with Crippen LogP contribution in [0, 0.1) is 0 Å². The van der Waals surface area contributed by atoms with Crippen LogP contribution >= 0.6 is 0 Å². The van der Waals surface area contributed by atoms with Crippen molar-refractivity contribution in [2.45, 2.75) is 44.8 Å². The van der Waals surface area contributed by atoms with E-state index in [9.17, 15) is 0 Å². The molecule has 116 valence electrons. The SMILES string of the molecule is NCc1cc2c(nc1N1CCC(OCCO)CC1)CCC2. The highest BCUT2D eigenvalue weighted by molar-refractivity contribution is 5.51. The van der Waals surface area contributed by atoms with Gasteiger partial charge in [-0.05, 0) is 43.7 Å². The third kappa shape index (κ3) is 3.20. The van der Waals surface area contributed by atoms with E-state index in [1.807, 2.05) is 0 Å². The molecule has 21 heavy (non-hydrogen) atoms. The van der Waals surface area contributed by atoms with Gasteiger partial charge in [0.2, 0.25) is 0 Å². The average Bonchev–Trinajstić information content (AvgIpc) is 2.99. The van der Waals surface area contributed by atoms with Crippen LogP contribution in [0.2, 0.25) is 0 Å². The summed E-state index contributed by atoms with van der Waals surface area (Å²) in [6, 6.07) is 2.26. The summed E-state index contributed by atoms with van der Waals surface area (Å²) in [5.74, 6) is 1.08. The summed E-state index contributed by atoms with van der Waals surface area (Å²) in [5.41, 5.74) is 9.75. The third-order valence-electron chi connectivity index (χ3n) is 4.51. The zero-order valence-electron chi connectivity index (χ0n) is 12.6. The first-order chi connectivity index (χ1) is 10.3. The molecule has 3 N–H and O–H groups in total. The van der Waals surface area contributed by atoms with Crippen molar-refractivity contribution >= 4 is 5.82 Å². The maximum absolute atomic E-state index is 8.83. The van der Waals surface area contributed by atoms with Gasteiger partial charge in [0.25, 0.3) is 0 Å². The van der Waals surface area contributed by atoms with Crippen LogP contribution in [-0.4, -0.2) is 42.5 Å². The quantitative estimate of drug-likeness (QED) is 0.847. The number of aliphatic hydroxyl groups is 1. The van der Waals surface area contributed by atoms with Crippen LogP contribution < -0.4 is 10.6 Å². The molecule has 0 amide bonds. The molecule has 0 radical (unpaired) electrons. The molecule has 1 aromatic rings. The number of ether oxygens (including phenoxy) is 1. The number of aliphatic hydroxyl groups excluding tert-OH is 1. The predicted molar refractivity (Wildman–Crippen MR) is 82.4 cm³/mol. The minimum Gasteiger partial charge on any atom is -0.394 e.